The number of nitrogens with zero attached hydrogens (tertiary/aromatic N) is 1. The van der Waals surface area contributed by atoms with E-state index in [-0.39, 0.29) is 5.91 Å². The van der Waals surface area contributed by atoms with Gasteiger partial charge in [0.1, 0.15) is 0 Å². The summed E-state index contributed by atoms with van der Waals surface area (Å²) in [5.41, 5.74) is 0. The van der Waals surface area contributed by atoms with Crippen molar-refractivity contribution in [2.45, 2.75) is 45.6 Å². The van der Waals surface area contributed by atoms with Gasteiger partial charge in [0.05, 0.1) is 0 Å². The number of nitrogens with one attached hydrogen (secondary N) is 1. The summed E-state index contributed by atoms with van der Waals surface area (Å²) in [5, 5.41) is 3.01. The molecular weight excluding hydrogens is 256 g/mol. The fourth-order valence-electron chi connectivity index (χ4n) is 2.45. The van der Waals surface area contributed by atoms with E-state index in [1.165, 1.54) is 29.0 Å². The summed E-state index contributed by atoms with van der Waals surface area (Å²) < 4.78 is 0. The van der Waals surface area contributed by atoms with Crippen LogP contribution in [0.1, 0.15) is 41.9 Å². The zero-order valence-electron chi connectivity index (χ0n) is 11.8. The molecule has 19 heavy (non-hydrogen) atoms. The highest BCUT2D eigenvalue weighted by atomic mass is 32.1. The van der Waals surface area contributed by atoms with Gasteiger partial charge in [0.15, 0.2) is 0 Å². The number of hydrogen-bond donors (Lipinski definition) is 1. The zero-order chi connectivity index (χ0) is 13.5. The lowest BCUT2D eigenvalue weighted by molar-refractivity contribution is -0.121. The van der Waals surface area contributed by atoms with Crippen molar-refractivity contribution >= 4 is 17.2 Å². The monoisotopic (exact) mass is 280 g/mol. The van der Waals surface area contributed by atoms with Gasteiger partial charge < -0.3 is 5.32 Å². The van der Waals surface area contributed by atoms with Crippen LogP contribution in [0.5, 0.6) is 0 Å². The first-order chi connectivity index (χ1) is 9.24. The second kappa shape index (κ2) is 7.65. The van der Waals surface area contributed by atoms with E-state index in [9.17, 15) is 4.79 Å². The Morgan fingerprint density at radius 1 is 1.21 bits per heavy atom. The molecule has 0 saturated carbocycles. The van der Waals surface area contributed by atoms with E-state index in [2.05, 4.69) is 29.3 Å². The Hall–Kier alpha value is -0.870. The maximum absolute atomic E-state index is 11.7. The minimum atomic E-state index is 0.203. The van der Waals surface area contributed by atoms with Gasteiger partial charge in [-0.15, -0.1) is 11.3 Å². The Kier molecular flexibility index (Phi) is 5.86. The van der Waals surface area contributed by atoms with Crippen molar-refractivity contribution in [1.82, 2.24) is 10.2 Å². The summed E-state index contributed by atoms with van der Waals surface area (Å²) in [6.07, 6.45) is 5.50. The second-order valence-corrected chi connectivity index (χ2v) is 6.68. The van der Waals surface area contributed by atoms with Crippen LogP contribution in [0.3, 0.4) is 0 Å². The fourth-order valence-corrected chi connectivity index (χ4v) is 3.38. The van der Waals surface area contributed by atoms with Gasteiger partial charge in [-0.25, -0.2) is 0 Å². The summed E-state index contributed by atoms with van der Waals surface area (Å²) in [7, 11) is 0. The average Bonchev–Trinajstić information content (AvgIpc) is 2.77. The highest BCUT2D eigenvalue weighted by Gasteiger charge is 2.11. The van der Waals surface area contributed by atoms with Gasteiger partial charge in [-0.1, -0.05) is 12.8 Å². The molecule has 1 aliphatic rings. The van der Waals surface area contributed by atoms with Crippen molar-refractivity contribution in [2.24, 2.45) is 0 Å². The molecule has 4 heteroatoms. The third-order valence-corrected chi connectivity index (χ3v) is 4.54. The number of hydrogen-bond acceptors (Lipinski definition) is 3. The third-order valence-electron chi connectivity index (χ3n) is 3.55. The highest BCUT2D eigenvalue weighted by Crippen LogP contribution is 2.18. The van der Waals surface area contributed by atoms with Crippen LogP contribution >= 0.6 is 11.3 Å². The third kappa shape index (κ3) is 5.33. The average molecular weight is 280 g/mol. The summed E-state index contributed by atoms with van der Waals surface area (Å²) in [5.74, 6) is 0.203. The molecule has 1 N–H and O–H groups in total. The molecule has 0 aromatic carbocycles. The predicted octanol–water partition coefficient (Wildman–Crippen LogP) is 2.94. The van der Waals surface area contributed by atoms with Gasteiger partial charge in [-0.05, 0) is 38.4 Å². The molecule has 1 aliphatic heterocycles. The molecule has 0 radical (unpaired) electrons. The number of aryl methyl sites for hydroxylation is 1. The number of thiophene rings is 1. The summed E-state index contributed by atoms with van der Waals surface area (Å²) in [6, 6.07) is 4.39. The van der Waals surface area contributed by atoms with Crippen LogP contribution < -0.4 is 5.32 Å². The standard InChI is InChI=1S/C15H24N2OS/c1-13-6-7-14(19-13)12-17-10-5-3-2-4-9-16-15(18)8-11-17/h6-7H,2-5,8-12H2,1H3,(H,16,18). The van der Waals surface area contributed by atoms with E-state index >= 15 is 0 Å². The Labute approximate surface area is 120 Å². The smallest absolute Gasteiger partial charge is 0.221 e. The number of carbonyl (C=O) groups excluding carboxylic acids is 1. The molecule has 0 aliphatic carbocycles. The van der Waals surface area contributed by atoms with Crippen LogP contribution in [0, 0.1) is 6.92 Å². The molecule has 1 aromatic rings. The molecule has 0 unspecified atom stereocenters. The van der Waals surface area contributed by atoms with E-state index in [1.807, 2.05) is 11.3 Å². The molecule has 0 atom stereocenters. The normalized spacial score (nSPS) is 19.7. The first-order valence-electron chi connectivity index (χ1n) is 7.28. The molecule has 0 spiro atoms. The lowest BCUT2D eigenvalue weighted by Gasteiger charge is -2.21. The van der Waals surface area contributed by atoms with Crippen LogP contribution in [0.2, 0.25) is 0 Å². The van der Waals surface area contributed by atoms with E-state index in [0.717, 1.165) is 32.6 Å². The largest absolute Gasteiger partial charge is 0.356 e. The van der Waals surface area contributed by atoms with Crippen molar-refractivity contribution in [2.75, 3.05) is 19.6 Å². The number of carbonyl (C=O) groups is 1. The SMILES string of the molecule is Cc1ccc(CN2CCCCCCNC(=O)CC2)s1. The summed E-state index contributed by atoms with van der Waals surface area (Å²) >= 11 is 1.87. The Morgan fingerprint density at radius 2 is 2.05 bits per heavy atom. The number of amides is 1. The Bertz CT molecular complexity index is 403. The molecule has 1 fully saturated rings. The molecule has 2 rings (SSSR count). The van der Waals surface area contributed by atoms with Crippen LogP contribution in [-0.2, 0) is 11.3 Å². The first kappa shape index (κ1) is 14.5. The topological polar surface area (TPSA) is 32.3 Å². The molecular formula is C15H24N2OS. The maximum atomic E-state index is 11.7. The van der Waals surface area contributed by atoms with Crippen molar-refractivity contribution in [3.05, 3.63) is 21.9 Å². The van der Waals surface area contributed by atoms with E-state index in [4.69, 9.17) is 0 Å². The lowest BCUT2D eigenvalue weighted by atomic mass is 10.2. The Morgan fingerprint density at radius 3 is 2.84 bits per heavy atom. The minimum absolute atomic E-state index is 0.203. The van der Waals surface area contributed by atoms with Crippen molar-refractivity contribution in [3.63, 3.8) is 0 Å². The molecule has 2 heterocycles. The van der Waals surface area contributed by atoms with Crippen molar-refractivity contribution < 1.29 is 4.79 Å². The molecule has 1 amide bonds. The summed E-state index contributed by atoms with van der Waals surface area (Å²) in [6.45, 7) is 5.98. The quantitative estimate of drug-likeness (QED) is 0.903. The minimum Gasteiger partial charge on any atom is -0.356 e. The van der Waals surface area contributed by atoms with Crippen LogP contribution in [0.15, 0.2) is 12.1 Å². The molecule has 3 nitrogen and oxygen atoms in total. The highest BCUT2D eigenvalue weighted by molar-refractivity contribution is 7.11. The van der Waals surface area contributed by atoms with Gasteiger partial charge in [0.25, 0.3) is 0 Å². The summed E-state index contributed by atoms with van der Waals surface area (Å²) in [4.78, 5) is 16.9. The lowest BCUT2D eigenvalue weighted by Crippen LogP contribution is -2.31. The fraction of sp³-hybridized carbons (Fsp3) is 0.667. The molecule has 106 valence electrons. The molecule has 1 aromatic heterocycles. The van der Waals surface area contributed by atoms with Gasteiger partial charge >= 0.3 is 0 Å². The molecule has 1 saturated heterocycles. The zero-order valence-corrected chi connectivity index (χ0v) is 12.6. The maximum Gasteiger partial charge on any atom is 0.221 e. The van der Waals surface area contributed by atoms with Crippen molar-refractivity contribution in [1.29, 1.82) is 0 Å². The van der Waals surface area contributed by atoms with Crippen molar-refractivity contribution in [3.8, 4) is 0 Å². The first-order valence-corrected chi connectivity index (χ1v) is 8.10. The van der Waals surface area contributed by atoms with Crippen LogP contribution in [0.4, 0.5) is 0 Å². The Balaban J connectivity index is 1.89. The molecule has 0 bridgehead atoms. The van der Waals surface area contributed by atoms with Crippen LogP contribution in [0.25, 0.3) is 0 Å². The van der Waals surface area contributed by atoms with Gasteiger partial charge in [0.2, 0.25) is 5.91 Å². The van der Waals surface area contributed by atoms with E-state index in [0.29, 0.717) is 6.42 Å². The predicted molar refractivity (Wildman–Crippen MR) is 80.4 cm³/mol. The van der Waals surface area contributed by atoms with Gasteiger partial charge in [-0.3, -0.25) is 9.69 Å². The number of rotatable bonds is 2. The van der Waals surface area contributed by atoms with E-state index < -0.39 is 0 Å². The van der Waals surface area contributed by atoms with E-state index in [1.54, 1.807) is 0 Å². The van der Waals surface area contributed by atoms with Gasteiger partial charge in [-0.2, -0.15) is 0 Å². The van der Waals surface area contributed by atoms with Gasteiger partial charge in [0, 0.05) is 35.8 Å². The second-order valence-electron chi connectivity index (χ2n) is 5.30. The van der Waals surface area contributed by atoms with Crippen LogP contribution in [-0.4, -0.2) is 30.4 Å².